The van der Waals surface area contributed by atoms with E-state index < -0.39 is 10.0 Å². The minimum atomic E-state index is -3.44. The van der Waals surface area contributed by atoms with Crippen molar-refractivity contribution in [3.8, 4) is 0 Å². The van der Waals surface area contributed by atoms with Crippen molar-refractivity contribution in [2.45, 2.75) is 43.0 Å². The van der Waals surface area contributed by atoms with Crippen molar-refractivity contribution in [3.05, 3.63) is 65.5 Å². The normalized spacial score (nSPS) is 16.1. The van der Waals surface area contributed by atoms with Crippen LogP contribution in [0.15, 0.2) is 53.4 Å². The summed E-state index contributed by atoms with van der Waals surface area (Å²) in [5.74, 6) is -0.398. The first-order valence-electron chi connectivity index (χ1n) is 11.0. The molecule has 1 unspecified atom stereocenters. The summed E-state index contributed by atoms with van der Waals surface area (Å²) in [6, 6.07) is 13.1. The molecule has 1 atom stereocenters. The predicted molar refractivity (Wildman–Crippen MR) is 123 cm³/mol. The molecule has 0 saturated carbocycles. The first-order chi connectivity index (χ1) is 15.3. The second-order valence-corrected chi connectivity index (χ2v) is 10.4. The van der Waals surface area contributed by atoms with Gasteiger partial charge in [-0.25, -0.2) is 12.8 Å². The summed E-state index contributed by atoms with van der Waals surface area (Å²) >= 11 is 0. The molecule has 32 heavy (non-hydrogen) atoms. The summed E-state index contributed by atoms with van der Waals surface area (Å²) in [5.41, 5.74) is 1.72. The molecular weight excluding hydrogens is 429 g/mol. The van der Waals surface area contributed by atoms with Crippen LogP contribution in [-0.2, 0) is 21.2 Å². The average molecular weight is 462 g/mol. The van der Waals surface area contributed by atoms with Crippen molar-refractivity contribution in [1.82, 2.24) is 14.5 Å². The summed E-state index contributed by atoms with van der Waals surface area (Å²) in [5, 5.41) is 2.93. The van der Waals surface area contributed by atoms with Gasteiger partial charge in [-0.05, 0) is 68.8 Å². The van der Waals surface area contributed by atoms with E-state index in [1.807, 2.05) is 25.1 Å². The zero-order chi connectivity index (χ0) is 23.1. The molecule has 6 nitrogen and oxygen atoms in total. The Morgan fingerprint density at radius 3 is 2.41 bits per heavy atom. The van der Waals surface area contributed by atoms with Crippen LogP contribution in [0.5, 0.6) is 0 Å². The third kappa shape index (κ3) is 6.37. The Bertz CT molecular complexity index is 1000. The van der Waals surface area contributed by atoms with E-state index in [1.165, 1.54) is 12.1 Å². The lowest BCUT2D eigenvalue weighted by Gasteiger charge is -2.26. The fourth-order valence-electron chi connectivity index (χ4n) is 3.95. The second-order valence-electron chi connectivity index (χ2n) is 8.45. The summed E-state index contributed by atoms with van der Waals surface area (Å²) in [4.78, 5) is 14.6. The highest BCUT2D eigenvalue weighted by atomic mass is 32.2. The van der Waals surface area contributed by atoms with Crippen molar-refractivity contribution in [2.24, 2.45) is 0 Å². The van der Waals surface area contributed by atoms with Gasteiger partial charge in [0.05, 0.1) is 10.9 Å². The highest BCUT2D eigenvalue weighted by Gasteiger charge is 2.25. The van der Waals surface area contributed by atoms with Gasteiger partial charge in [0.1, 0.15) is 5.82 Å². The number of carbonyl (C=O) groups is 1. The van der Waals surface area contributed by atoms with Crippen LogP contribution in [-0.4, -0.2) is 57.3 Å². The Morgan fingerprint density at radius 1 is 1.09 bits per heavy atom. The number of nitrogens with one attached hydrogen (secondary N) is 1. The number of benzene rings is 2. The molecule has 8 heteroatoms. The van der Waals surface area contributed by atoms with Gasteiger partial charge in [0, 0.05) is 26.1 Å². The molecule has 1 amide bonds. The van der Waals surface area contributed by atoms with Crippen molar-refractivity contribution in [1.29, 1.82) is 0 Å². The van der Waals surface area contributed by atoms with E-state index in [2.05, 4.69) is 5.32 Å². The molecule has 0 spiro atoms. The van der Waals surface area contributed by atoms with Crippen molar-refractivity contribution in [2.75, 3.05) is 33.7 Å². The monoisotopic (exact) mass is 461 g/mol. The van der Waals surface area contributed by atoms with E-state index >= 15 is 0 Å². The van der Waals surface area contributed by atoms with Crippen LogP contribution >= 0.6 is 0 Å². The maximum Gasteiger partial charge on any atom is 0.243 e. The van der Waals surface area contributed by atoms with Gasteiger partial charge in [-0.2, -0.15) is 4.31 Å². The SMILES string of the molecule is CN(C)C(CNC(=O)CCc1ccc(S(=O)(=O)N2CCCCC2)cc1)c1cccc(F)c1. The van der Waals surface area contributed by atoms with Crippen LogP contribution in [0, 0.1) is 5.82 Å². The molecule has 1 heterocycles. The quantitative estimate of drug-likeness (QED) is 0.622. The minimum absolute atomic E-state index is 0.0988. The summed E-state index contributed by atoms with van der Waals surface area (Å²) in [6.45, 7) is 1.53. The topological polar surface area (TPSA) is 69.7 Å². The molecule has 0 aromatic heterocycles. The Balaban J connectivity index is 1.52. The van der Waals surface area contributed by atoms with Crippen LogP contribution in [0.4, 0.5) is 4.39 Å². The zero-order valence-electron chi connectivity index (χ0n) is 18.8. The van der Waals surface area contributed by atoms with Gasteiger partial charge in [0.15, 0.2) is 0 Å². The molecule has 1 aliphatic rings. The number of carbonyl (C=O) groups excluding carboxylic acids is 1. The van der Waals surface area contributed by atoms with Gasteiger partial charge in [-0.15, -0.1) is 0 Å². The van der Waals surface area contributed by atoms with Crippen molar-refractivity contribution < 1.29 is 17.6 Å². The van der Waals surface area contributed by atoms with E-state index in [4.69, 9.17) is 0 Å². The first-order valence-corrected chi connectivity index (χ1v) is 12.5. The van der Waals surface area contributed by atoms with Crippen LogP contribution in [0.25, 0.3) is 0 Å². The fraction of sp³-hybridized carbons (Fsp3) is 0.458. The molecule has 1 N–H and O–H groups in total. The van der Waals surface area contributed by atoms with E-state index in [0.29, 0.717) is 37.4 Å². The molecule has 2 aromatic rings. The van der Waals surface area contributed by atoms with E-state index in [0.717, 1.165) is 30.4 Å². The molecule has 0 radical (unpaired) electrons. The van der Waals surface area contributed by atoms with Crippen LogP contribution in [0.3, 0.4) is 0 Å². The maximum atomic E-state index is 13.6. The van der Waals surface area contributed by atoms with Gasteiger partial charge in [-0.1, -0.05) is 30.7 Å². The van der Waals surface area contributed by atoms with Crippen molar-refractivity contribution in [3.63, 3.8) is 0 Å². The highest BCUT2D eigenvalue weighted by molar-refractivity contribution is 7.89. The van der Waals surface area contributed by atoms with Gasteiger partial charge < -0.3 is 10.2 Å². The number of rotatable bonds is 9. The summed E-state index contributed by atoms with van der Waals surface area (Å²) in [7, 11) is 0.337. The number of nitrogens with zero attached hydrogens (tertiary/aromatic N) is 2. The lowest BCUT2D eigenvalue weighted by molar-refractivity contribution is -0.121. The van der Waals surface area contributed by atoms with E-state index in [9.17, 15) is 17.6 Å². The number of likely N-dealkylation sites (N-methyl/N-ethyl adjacent to an activating group) is 1. The number of aryl methyl sites for hydroxylation is 1. The number of halogens is 1. The average Bonchev–Trinajstić information content (AvgIpc) is 2.78. The van der Waals surface area contributed by atoms with Gasteiger partial charge in [0.2, 0.25) is 15.9 Å². The van der Waals surface area contributed by atoms with E-state index in [-0.39, 0.29) is 17.8 Å². The largest absolute Gasteiger partial charge is 0.354 e. The Labute approximate surface area is 190 Å². The maximum absolute atomic E-state index is 13.6. The van der Waals surface area contributed by atoms with Gasteiger partial charge >= 0.3 is 0 Å². The molecule has 0 bridgehead atoms. The van der Waals surface area contributed by atoms with Gasteiger partial charge in [-0.3, -0.25) is 4.79 Å². The first kappa shape index (κ1) is 24.4. The molecule has 1 fully saturated rings. The minimum Gasteiger partial charge on any atom is -0.354 e. The standard InChI is InChI=1S/C24H32FN3O3S/c1-27(2)23(20-7-6-8-21(25)17-20)18-26-24(29)14-11-19-9-12-22(13-10-19)32(30,31)28-15-4-3-5-16-28/h6-10,12-13,17,23H,3-5,11,14-16,18H2,1-2H3,(H,26,29). The number of piperidine rings is 1. The Kier molecular flexibility index (Phi) is 8.39. The lowest BCUT2D eigenvalue weighted by atomic mass is 10.1. The molecule has 1 aliphatic heterocycles. The lowest BCUT2D eigenvalue weighted by Crippen LogP contribution is -2.35. The molecule has 0 aliphatic carbocycles. The highest BCUT2D eigenvalue weighted by Crippen LogP contribution is 2.21. The van der Waals surface area contributed by atoms with Crippen LogP contribution in [0.2, 0.25) is 0 Å². The fourth-order valence-corrected chi connectivity index (χ4v) is 5.47. The summed E-state index contributed by atoms with van der Waals surface area (Å²) in [6.07, 6.45) is 3.69. The molecule has 174 valence electrons. The predicted octanol–water partition coefficient (Wildman–Crippen LogP) is 3.35. The molecule has 3 rings (SSSR count). The smallest absolute Gasteiger partial charge is 0.243 e. The number of amides is 1. The number of hydrogen-bond acceptors (Lipinski definition) is 4. The summed E-state index contributed by atoms with van der Waals surface area (Å²) < 4.78 is 40.6. The molecule has 1 saturated heterocycles. The Morgan fingerprint density at radius 2 is 1.78 bits per heavy atom. The van der Waals surface area contributed by atoms with Crippen LogP contribution < -0.4 is 5.32 Å². The third-order valence-electron chi connectivity index (χ3n) is 5.87. The number of sulfonamides is 1. The molecular formula is C24H32FN3O3S. The van der Waals surface area contributed by atoms with Gasteiger partial charge in [0.25, 0.3) is 0 Å². The van der Waals surface area contributed by atoms with Crippen molar-refractivity contribution >= 4 is 15.9 Å². The second kappa shape index (κ2) is 11.0. The zero-order valence-corrected chi connectivity index (χ0v) is 19.6. The third-order valence-corrected chi connectivity index (χ3v) is 7.78. The van der Waals surface area contributed by atoms with Crippen LogP contribution in [0.1, 0.15) is 42.9 Å². The number of hydrogen-bond donors (Lipinski definition) is 1. The molecule has 2 aromatic carbocycles. The van der Waals surface area contributed by atoms with E-state index in [1.54, 1.807) is 34.6 Å². The Hall–Kier alpha value is -2.29.